The topological polar surface area (TPSA) is 169 Å². The van der Waals surface area contributed by atoms with E-state index in [1.54, 1.807) is 71.0 Å². The minimum absolute atomic E-state index is 0.00273. The van der Waals surface area contributed by atoms with Gasteiger partial charge in [-0.25, -0.2) is 9.59 Å². The molecule has 1 saturated heterocycles. The molecule has 0 radical (unpaired) electrons. The smallest absolute Gasteiger partial charge is 0.338 e. The number of nitrogens with one attached hydrogen (secondary N) is 1. The van der Waals surface area contributed by atoms with Gasteiger partial charge < -0.3 is 34.8 Å². The van der Waals surface area contributed by atoms with Gasteiger partial charge in [-0.2, -0.15) is 0 Å². The minimum Gasteiger partial charge on any atom is -0.456 e. The van der Waals surface area contributed by atoms with E-state index in [0.29, 0.717) is 24.0 Å². The van der Waals surface area contributed by atoms with Gasteiger partial charge in [0.1, 0.15) is 29.2 Å². The second kappa shape index (κ2) is 14.2. The Morgan fingerprint density at radius 3 is 2.25 bits per heavy atom. The Morgan fingerprint density at radius 2 is 1.71 bits per heavy atom. The highest BCUT2D eigenvalue weighted by molar-refractivity contribution is 5.89. The first kappa shape index (κ1) is 37.4. The lowest BCUT2D eigenvalue weighted by Gasteiger charge is -2.61. The highest BCUT2D eigenvalue weighted by Crippen LogP contribution is 2.57. The lowest BCUT2D eigenvalue weighted by molar-refractivity contribution is -0.316. The first-order chi connectivity index (χ1) is 22.3. The number of ether oxygens (including phenoxy) is 3. The van der Waals surface area contributed by atoms with Gasteiger partial charge in [-0.15, -0.1) is 0 Å². The van der Waals surface area contributed by atoms with E-state index in [-0.39, 0.29) is 36.7 Å². The maximum absolute atomic E-state index is 13.8. The van der Waals surface area contributed by atoms with Crippen LogP contribution in [0.4, 0.5) is 0 Å². The van der Waals surface area contributed by atoms with Crippen LogP contribution in [-0.4, -0.2) is 87.2 Å². The number of amides is 1. The molecule has 0 bridgehead atoms. The molecule has 48 heavy (non-hydrogen) atoms. The van der Waals surface area contributed by atoms with E-state index in [1.807, 2.05) is 6.92 Å². The molecule has 9 unspecified atom stereocenters. The average Bonchev–Trinajstić information content (AvgIpc) is 2.99. The Bertz CT molecular complexity index is 1460. The zero-order valence-electron chi connectivity index (χ0n) is 29.2. The largest absolute Gasteiger partial charge is 0.456 e. The average molecular weight is 670 g/mol. The van der Waals surface area contributed by atoms with Gasteiger partial charge in [0.15, 0.2) is 6.10 Å². The summed E-state index contributed by atoms with van der Waals surface area (Å²) in [6.45, 7) is 13.4. The van der Waals surface area contributed by atoms with Crippen LogP contribution in [0.1, 0.15) is 91.4 Å². The molecule has 1 aliphatic heterocycles. The third kappa shape index (κ3) is 7.15. The summed E-state index contributed by atoms with van der Waals surface area (Å²) in [6.07, 6.45) is -2.34. The molecule has 2 aliphatic carbocycles. The zero-order chi connectivity index (χ0) is 35.8. The number of carbonyl (C=O) groups excluding carboxylic acids is 4. The van der Waals surface area contributed by atoms with Gasteiger partial charge in [-0.1, -0.05) is 56.2 Å². The normalized spacial score (nSPS) is 31.2. The second-order valence-electron chi connectivity index (χ2n) is 14.7. The Kier molecular flexibility index (Phi) is 11.1. The number of Topliss-reactive ketones (excluding diaryl/α,β-unsaturated/α-hetero) is 1. The van der Waals surface area contributed by atoms with Gasteiger partial charge in [0.25, 0.3) is 0 Å². The number of rotatable bonds is 11. The summed E-state index contributed by atoms with van der Waals surface area (Å²) < 4.78 is 18.0. The van der Waals surface area contributed by atoms with Gasteiger partial charge in [-0.05, 0) is 64.2 Å². The van der Waals surface area contributed by atoms with Gasteiger partial charge >= 0.3 is 11.9 Å². The highest BCUT2D eigenvalue weighted by Gasteiger charge is 2.67. The number of allylic oxidation sites excluding steroid dienone is 1. The van der Waals surface area contributed by atoms with Gasteiger partial charge in [-0.3, -0.25) is 9.59 Å². The fraction of sp³-hybridized carbons (Fsp3) is 0.622. The molecule has 1 heterocycles. The number of hydrogen-bond donors (Lipinski definition) is 4. The molecule has 0 spiro atoms. The molecule has 3 aliphatic rings. The van der Waals surface area contributed by atoms with Crippen molar-refractivity contribution in [1.82, 2.24) is 5.32 Å². The van der Waals surface area contributed by atoms with Crippen molar-refractivity contribution in [3.05, 3.63) is 58.7 Å². The second-order valence-corrected chi connectivity index (χ2v) is 14.7. The van der Waals surface area contributed by atoms with Crippen LogP contribution < -0.4 is 5.32 Å². The van der Waals surface area contributed by atoms with Gasteiger partial charge in [0, 0.05) is 31.1 Å². The molecule has 1 saturated carbocycles. The summed E-state index contributed by atoms with van der Waals surface area (Å²) in [6, 6.07) is 7.26. The van der Waals surface area contributed by atoms with Crippen molar-refractivity contribution in [3.63, 3.8) is 0 Å². The van der Waals surface area contributed by atoms with Crippen LogP contribution in [0, 0.1) is 17.3 Å². The predicted molar refractivity (Wildman–Crippen MR) is 176 cm³/mol. The Hall–Kier alpha value is -3.38. The minimum atomic E-state index is -1.99. The first-order valence-corrected chi connectivity index (χ1v) is 16.7. The van der Waals surface area contributed by atoms with Crippen LogP contribution in [0.5, 0.6) is 0 Å². The summed E-state index contributed by atoms with van der Waals surface area (Å²) in [5, 5.41) is 38.8. The number of esters is 2. The molecule has 11 heteroatoms. The van der Waals surface area contributed by atoms with Crippen molar-refractivity contribution >= 4 is 23.6 Å². The van der Waals surface area contributed by atoms with E-state index in [2.05, 4.69) is 5.32 Å². The SMILES string of the molecule is CC(=O)CC1=C(C)C(OC(=O)C(O)C(C=C(C)C)NC(C)=O)CC(O)(C(OC(=O)c2ccccc2)C2C(C)CCC3OCC32O)C1(C)C. The van der Waals surface area contributed by atoms with E-state index in [4.69, 9.17) is 14.2 Å². The lowest BCUT2D eigenvalue weighted by Crippen LogP contribution is -2.74. The van der Waals surface area contributed by atoms with Crippen LogP contribution in [0.25, 0.3) is 0 Å². The van der Waals surface area contributed by atoms with Crippen LogP contribution in [-0.2, 0) is 28.6 Å². The monoisotopic (exact) mass is 669 g/mol. The van der Waals surface area contributed by atoms with Crippen molar-refractivity contribution in [1.29, 1.82) is 0 Å². The standard InChI is InChI=1S/C37H51NO10/c1-20(2)16-27(38-24(6)40)31(41)34(43)47-28-18-37(45,35(7,8)26(23(28)5)17-22(4)39)32(48-33(42)25-12-10-9-11-13-25)30-21(3)14-15-29-36(30,44)19-46-29/h9-13,16,21,27-32,41,44-45H,14-15,17-19H2,1-8H3,(H,38,40). The molecule has 1 aromatic carbocycles. The molecule has 11 nitrogen and oxygen atoms in total. The lowest BCUT2D eigenvalue weighted by atomic mass is 9.53. The molecule has 9 atom stereocenters. The molecule has 0 aromatic heterocycles. The van der Waals surface area contributed by atoms with Gasteiger partial charge in [0.2, 0.25) is 5.91 Å². The van der Waals surface area contributed by atoms with E-state index >= 15 is 0 Å². The molecule has 1 aromatic rings. The van der Waals surface area contributed by atoms with Crippen molar-refractivity contribution in [2.24, 2.45) is 17.3 Å². The molecule has 2 fully saturated rings. The molecule has 264 valence electrons. The van der Waals surface area contributed by atoms with E-state index in [1.165, 1.54) is 13.8 Å². The number of aliphatic hydroxyl groups excluding tert-OH is 1. The van der Waals surface area contributed by atoms with Crippen molar-refractivity contribution in [2.45, 2.75) is 123 Å². The van der Waals surface area contributed by atoms with Crippen molar-refractivity contribution < 1.29 is 48.7 Å². The van der Waals surface area contributed by atoms with Crippen LogP contribution >= 0.6 is 0 Å². The van der Waals surface area contributed by atoms with E-state index in [0.717, 1.165) is 5.57 Å². The first-order valence-electron chi connectivity index (χ1n) is 16.7. The third-order valence-electron chi connectivity index (χ3n) is 10.6. The molecule has 1 amide bonds. The maximum Gasteiger partial charge on any atom is 0.338 e. The van der Waals surface area contributed by atoms with E-state index < -0.39 is 70.8 Å². The summed E-state index contributed by atoms with van der Waals surface area (Å²) in [5.74, 6) is -3.39. The number of benzene rings is 1. The summed E-state index contributed by atoms with van der Waals surface area (Å²) in [7, 11) is 0. The zero-order valence-corrected chi connectivity index (χ0v) is 29.2. The number of ketones is 1. The Labute approximate surface area is 282 Å². The third-order valence-corrected chi connectivity index (χ3v) is 10.6. The van der Waals surface area contributed by atoms with Gasteiger partial charge in [0.05, 0.1) is 24.3 Å². The molecule has 4 N–H and O–H groups in total. The number of hydrogen-bond acceptors (Lipinski definition) is 10. The molecular formula is C37H51NO10. The Morgan fingerprint density at radius 1 is 1.06 bits per heavy atom. The summed E-state index contributed by atoms with van der Waals surface area (Å²) in [4.78, 5) is 51.9. The fourth-order valence-electron chi connectivity index (χ4n) is 7.90. The van der Waals surface area contributed by atoms with E-state index in [9.17, 15) is 34.5 Å². The molecular weight excluding hydrogens is 618 g/mol. The highest BCUT2D eigenvalue weighted by atomic mass is 16.6. The summed E-state index contributed by atoms with van der Waals surface area (Å²) >= 11 is 0. The predicted octanol–water partition coefficient (Wildman–Crippen LogP) is 3.59. The van der Waals surface area contributed by atoms with Crippen molar-refractivity contribution in [2.75, 3.05) is 6.61 Å². The number of aliphatic hydroxyl groups is 3. The number of carbonyl (C=O) groups is 4. The fourth-order valence-corrected chi connectivity index (χ4v) is 7.90. The van der Waals surface area contributed by atoms with Crippen molar-refractivity contribution in [3.8, 4) is 0 Å². The maximum atomic E-state index is 13.8. The van der Waals surface area contributed by atoms with Crippen LogP contribution in [0.15, 0.2) is 53.1 Å². The Balaban J connectivity index is 1.83. The molecule has 4 rings (SSSR count). The quantitative estimate of drug-likeness (QED) is 0.202. The summed E-state index contributed by atoms with van der Waals surface area (Å²) in [5.41, 5.74) is -2.60. The van der Waals surface area contributed by atoms with Crippen LogP contribution in [0.2, 0.25) is 0 Å². The number of fused-ring (bicyclic) bond motifs is 1. The van der Waals surface area contributed by atoms with Crippen LogP contribution in [0.3, 0.4) is 0 Å².